The van der Waals surface area contributed by atoms with Crippen LogP contribution in [0.1, 0.15) is 53.8 Å². The highest BCUT2D eigenvalue weighted by atomic mass is 19.4. The molecule has 11 heteroatoms. The molecule has 0 bridgehead atoms. The van der Waals surface area contributed by atoms with Crippen molar-refractivity contribution in [2.75, 3.05) is 13.2 Å². The number of esters is 1. The Kier molecular flexibility index (Phi) is 5.17. The summed E-state index contributed by atoms with van der Waals surface area (Å²) < 4.78 is 90.3. The van der Waals surface area contributed by atoms with Crippen molar-refractivity contribution in [3.63, 3.8) is 0 Å². The summed E-state index contributed by atoms with van der Waals surface area (Å²) in [6, 6.07) is 0. The maximum Gasteiger partial charge on any atom is 0.420 e. The smallest absolute Gasteiger partial charge is 0.420 e. The van der Waals surface area contributed by atoms with Gasteiger partial charge >= 0.3 is 18.3 Å². The fourth-order valence-electron chi connectivity index (χ4n) is 3.35. The van der Waals surface area contributed by atoms with Crippen LogP contribution in [0.15, 0.2) is 0 Å². The van der Waals surface area contributed by atoms with Gasteiger partial charge in [0.15, 0.2) is 11.8 Å². The zero-order valence-electron chi connectivity index (χ0n) is 14.4. The molecule has 1 aromatic heterocycles. The largest absolute Gasteiger partial charge is 0.461 e. The lowest BCUT2D eigenvalue weighted by Crippen LogP contribution is -2.36. The Labute approximate surface area is 150 Å². The summed E-state index contributed by atoms with van der Waals surface area (Å²) in [4.78, 5) is 12.2. The monoisotopic (exact) mass is 400 g/mol. The lowest BCUT2D eigenvalue weighted by molar-refractivity contribution is -0.217. The summed E-state index contributed by atoms with van der Waals surface area (Å²) in [5.41, 5.74) is -2.34. The fraction of sp³-hybridized carbons (Fsp3) is 0.750. The van der Waals surface area contributed by atoms with Crippen LogP contribution in [-0.4, -0.2) is 41.2 Å². The van der Waals surface area contributed by atoms with E-state index in [9.17, 15) is 31.1 Å². The van der Waals surface area contributed by atoms with Crippen LogP contribution >= 0.6 is 0 Å². The van der Waals surface area contributed by atoms with Gasteiger partial charge in [-0.25, -0.2) is 4.79 Å². The Hall–Kier alpha value is -1.78. The van der Waals surface area contributed by atoms with Gasteiger partial charge in [-0.05, 0) is 26.2 Å². The van der Waals surface area contributed by atoms with Crippen LogP contribution in [0.4, 0.5) is 26.3 Å². The molecule has 5 nitrogen and oxygen atoms in total. The Morgan fingerprint density at radius 1 is 1.22 bits per heavy atom. The number of rotatable bonds is 5. The van der Waals surface area contributed by atoms with E-state index >= 15 is 0 Å². The van der Waals surface area contributed by atoms with Gasteiger partial charge in [0.2, 0.25) is 0 Å². The molecule has 152 valence electrons. The zero-order chi connectivity index (χ0) is 20.0. The van der Waals surface area contributed by atoms with Crippen molar-refractivity contribution >= 4 is 5.97 Å². The van der Waals surface area contributed by atoms with Crippen LogP contribution in [0.25, 0.3) is 0 Å². The van der Waals surface area contributed by atoms with Gasteiger partial charge in [0.1, 0.15) is 5.56 Å². The zero-order valence-corrected chi connectivity index (χ0v) is 14.4. The highest BCUT2D eigenvalue weighted by molar-refractivity contribution is 5.90. The van der Waals surface area contributed by atoms with Crippen molar-refractivity contribution in [3.8, 4) is 0 Å². The summed E-state index contributed by atoms with van der Waals surface area (Å²) >= 11 is 0. The lowest BCUT2D eigenvalue weighted by Gasteiger charge is -2.21. The molecule has 2 atom stereocenters. The fourth-order valence-corrected chi connectivity index (χ4v) is 3.35. The van der Waals surface area contributed by atoms with Crippen molar-refractivity contribution < 1.29 is 40.6 Å². The van der Waals surface area contributed by atoms with Gasteiger partial charge in [0.05, 0.1) is 12.3 Å². The number of ether oxygens (including phenoxy) is 2. The molecule has 1 aliphatic heterocycles. The summed E-state index contributed by atoms with van der Waals surface area (Å²) in [5.74, 6) is -2.83. The minimum atomic E-state index is -4.87. The number of hydrogen-bond acceptors (Lipinski definition) is 4. The number of hydrogen-bond donors (Lipinski definition) is 0. The lowest BCUT2D eigenvalue weighted by atomic mass is 10.0. The third kappa shape index (κ3) is 4.07. The first-order valence-electron chi connectivity index (χ1n) is 8.57. The van der Waals surface area contributed by atoms with E-state index in [-0.39, 0.29) is 25.3 Å². The molecule has 2 unspecified atom stereocenters. The third-order valence-electron chi connectivity index (χ3n) is 4.64. The molecule has 1 saturated heterocycles. The summed E-state index contributed by atoms with van der Waals surface area (Å²) in [7, 11) is 0. The maximum atomic E-state index is 13.6. The highest BCUT2D eigenvalue weighted by Crippen LogP contribution is 2.47. The minimum absolute atomic E-state index is 0.00636. The van der Waals surface area contributed by atoms with Gasteiger partial charge in [-0.2, -0.15) is 31.4 Å². The number of aromatic nitrogens is 2. The van der Waals surface area contributed by atoms with Crippen molar-refractivity contribution in [1.82, 2.24) is 9.78 Å². The van der Waals surface area contributed by atoms with Crippen LogP contribution in [-0.2, 0) is 22.2 Å². The van der Waals surface area contributed by atoms with Crippen LogP contribution < -0.4 is 0 Å². The molecule has 27 heavy (non-hydrogen) atoms. The number of nitrogens with zero attached hydrogens (tertiary/aromatic N) is 2. The van der Waals surface area contributed by atoms with Crippen LogP contribution in [0, 0.1) is 5.92 Å². The summed E-state index contributed by atoms with van der Waals surface area (Å²) in [6.07, 6.45) is -10.6. The normalized spacial score (nSPS) is 23.7. The second kappa shape index (κ2) is 6.99. The topological polar surface area (TPSA) is 53.3 Å². The standard InChI is InChI=1S/C16H18F6N2O3/c1-2-26-14(25)12-10(15(17,18)19)11(8-3-4-8)23-24(12)7-9-5-6-27-13(9)16(20,21)22/h8-9,13H,2-7H2,1H3. The molecule has 0 aromatic carbocycles. The Balaban J connectivity index is 2.02. The molecular weight excluding hydrogens is 382 g/mol. The molecule has 0 N–H and O–H groups in total. The molecule has 0 spiro atoms. The molecule has 3 rings (SSSR count). The van der Waals surface area contributed by atoms with Crippen LogP contribution in [0.3, 0.4) is 0 Å². The number of alkyl halides is 6. The Morgan fingerprint density at radius 2 is 1.89 bits per heavy atom. The van der Waals surface area contributed by atoms with E-state index in [1.165, 1.54) is 6.92 Å². The van der Waals surface area contributed by atoms with E-state index in [0.717, 1.165) is 4.68 Å². The van der Waals surface area contributed by atoms with Crippen LogP contribution in [0.5, 0.6) is 0 Å². The molecule has 2 aliphatic rings. The molecule has 2 heterocycles. The van der Waals surface area contributed by atoms with Gasteiger partial charge in [0, 0.05) is 25.0 Å². The van der Waals surface area contributed by atoms with Crippen molar-refractivity contribution in [1.29, 1.82) is 0 Å². The number of halogens is 6. The van der Waals surface area contributed by atoms with Gasteiger partial charge in [-0.3, -0.25) is 4.68 Å². The molecule has 2 fully saturated rings. The van der Waals surface area contributed by atoms with Crippen molar-refractivity contribution in [3.05, 3.63) is 17.0 Å². The molecule has 1 aromatic rings. The van der Waals surface area contributed by atoms with Crippen LogP contribution in [0.2, 0.25) is 0 Å². The average molecular weight is 400 g/mol. The SMILES string of the molecule is CCOC(=O)c1c(C(F)(F)F)c(C2CC2)nn1CC1CCOC1C(F)(F)F. The van der Waals surface area contributed by atoms with E-state index < -0.39 is 54.1 Å². The predicted molar refractivity (Wildman–Crippen MR) is 79.1 cm³/mol. The first-order chi connectivity index (χ1) is 12.5. The Bertz CT molecular complexity index is 708. The Morgan fingerprint density at radius 3 is 2.41 bits per heavy atom. The average Bonchev–Trinajstić information content (AvgIpc) is 3.13. The second-order valence-electron chi connectivity index (χ2n) is 6.67. The molecule has 1 saturated carbocycles. The highest BCUT2D eigenvalue weighted by Gasteiger charge is 2.50. The summed E-state index contributed by atoms with van der Waals surface area (Å²) in [5, 5.41) is 3.89. The van der Waals surface area contributed by atoms with Crippen molar-refractivity contribution in [2.45, 2.75) is 57.1 Å². The summed E-state index contributed by atoms with van der Waals surface area (Å²) in [6.45, 7) is 0.594. The number of carbonyl (C=O) groups is 1. The van der Waals surface area contributed by atoms with Crippen molar-refractivity contribution in [2.24, 2.45) is 5.92 Å². The quantitative estimate of drug-likeness (QED) is 0.555. The minimum Gasteiger partial charge on any atom is -0.461 e. The van der Waals surface area contributed by atoms with E-state index in [1.54, 1.807) is 0 Å². The second-order valence-corrected chi connectivity index (χ2v) is 6.67. The number of carbonyl (C=O) groups excluding carboxylic acids is 1. The first kappa shape index (κ1) is 20.0. The van der Waals surface area contributed by atoms with Gasteiger partial charge in [-0.1, -0.05) is 0 Å². The van der Waals surface area contributed by atoms with E-state index in [1.807, 2.05) is 0 Å². The first-order valence-corrected chi connectivity index (χ1v) is 8.57. The van der Waals surface area contributed by atoms with E-state index in [4.69, 9.17) is 9.47 Å². The maximum absolute atomic E-state index is 13.6. The predicted octanol–water partition coefficient (Wildman–Crippen LogP) is 3.92. The molecular formula is C16H18F6N2O3. The third-order valence-corrected chi connectivity index (χ3v) is 4.64. The van der Waals surface area contributed by atoms with Gasteiger partial charge in [0.25, 0.3) is 0 Å². The van der Waals surface area contributed by atoms with Gasteiger partial charge in [-0.15, -0.1) is 0 Å². The molecule has 0 radical (unpaired) electrons. The van der Waals surface area contributed by atoms with E-state index in [0.29, 0.717) is 12.8 Å². The molecule has 1 aliphatic carbocycles. The van der Waals surface area contributed by atoms with Gasteiger partial charge < -0.3 is 9.47 Å². The molecule has 0 amide bonds. The van der Waals surface area contributed by atoms with E-state index in [2.05, 4.69) is 5.10 Å².